The number of rotatable bonds is 3. The van der Waals surface area contributed by atoms with Crippen molar-refractivity contribution in [3.63, 3.8) is 0 Å². The molecule has 98 valence electrons. The molecule has 0 atom stereocenters. The van der Waals surface area contributed by atoms with Crippen molar-refractivity contribution < 1.29 is 19.1 Å². The molecule has 5 nitrogen and oxygen atoms in total. The molecule has 0 unspecified atom stereocenters. The molecule has 0 saturated carbocycles. The Morgan fingerprint density at radius 2 is 2.05 bits per heavy atom. The van der Waals surface area contributed by atoms with E-state index in [1.54, 1.807) is 0 Å². The molecule has 19 heavy (non-hydrogen) atoms. The summed E-state index contributed by atoms with van der Waals surface area (Å²) in [6.07, 6.45) is 0. The third-order valence-electron chi connectivity index (χ3n) is 2.33. The van der Waals surface area contributed by atoms with Crippen molar-refractivity contribution in [3.05, 3.63) is 46.2 Å². The average Bonchev–Trinajstić information content (AvgIpc) is 2.70. The fourth-order valence-corrected chi connectivity index (χ4v) is 2.26. The maximum absolute atomic E-state index is 13.4. The molecule has 0 aliphatic heterocycles. The summed E-state index contributed by atoms with van der Waals surface area (Å²) in [5.74, 6) is -2.42. The van der Waals surface area contributed by atoms with Gasteiger partial charge in [0.15, 0.2) is 5.13 Å². The third-order valence-corrected chi connectivity index (χ3v) is 3.39. The molecular weight excluding hydrogens is 271 g/mol. The van der Waals surface area contributed by atoms with Crippen molar-refractivity contribution in [1.29, 1.82) is 0 Å². The number of amides is 1. The van der Waals surface area contributed by atoms with Crippen LogP contribution in [0.5, 0.6) is 0 Å². The minimum absolute atomic E-state index is 0.0452. The van der Waals surface area contributed by atoms with Crippen molar-refractivity contribution in [3.8, 4) is 0 Å². The van der Waals surface area contributed by atoms with Crippen LogP contribution in [0.1, 0.15) is 25.7 Å². The van der Waals surface area contributed by atoms with Gasteiger partial charge in [0.25, 0.3) is 5.91 Å². The molecule has 2 rings (SSSR count). The van der Waals surface area contributed by atoms with Crippen molar-refractivity contribution in [2.24, 2.45) is 0 Å². The van der Waals surface area contributed by atoms with Crippen molar-refractivity contribution in [2.45, 2.75) is 6.92 Å². The van der Waals surface area contributed by atoms with E-state index in [-0.39, 0.29) is 15.6 Å². The fourth-order valence-electron chi connectivity index (χ4n) is 1.46. The van der Waals surface area contributed by atoms with Crippen LogP contribution in [0, 0.1) is 12.7 Å². The summed E-state index contributed by atoms with van der Waals surface area (Å²) in [4.78, 5) is 26.6. The van der Waals surface area contributed by atoms with Crippen LogP contribution in [-0.4, -0.2) is 22.0 Å². The normalized spacial score (nSPS) is 10.2. The van der Waals surface area contributed by atoms with E-state index in [0.29, 0.717) is 5.69 Å². The first-order chi connectivity index (χ1) is 8.99. The van der Waals surface area contributed by atoms with Gasteiger partial charge in [-0.2, -0.15) is 0 Å². The highest BCUT2D eigenvalue weighted by Gasteiger charge is 2.17. The summed E-state index contributed by atoms with van der Waals surface area (Å²) in [6, 6.07) is 5.52. The largest absolute Gasteiger partial charge is 0.477 e. The zero-order chi connectivity index (χ0) is 14.0. The van der Waals surface area contributed by atoms with Crippen LogP contribution in [0.25, 0.3) is 0 Å². The number of carboxylic acids is 1. The quantitative estimate of drug-likeness (QED) is 0.905. The number of anilines is 1. The number of aromatic carboxylic acids is 1. The fraction of sp³-hybridized carbons (Fsp3) is 0.0833. The lowest BCUT2D eigenvalue weighted by atomic mass is 10.2. The van der Waals surface area contributed by atoms with Crippen LogP contribution in [0.4, 0.5) is 9.52 Å². The van der Waals surface area contributed by atoms with Gasteiger partial charge in [0.2, 0.25) is 0 Å². The number of nitrogens with zero attached hydrogens (tertiary/aromatic N) is 1. The topological polar surface area (TPSA) is 79.3 Å². The van der Waals surface area contributed by atoms with Gasteiger partial charge in [0, 0.05) is 0 Å². The van der Waals surface area contributed by atoms with Gasteiger partial charge >= 0.3 is 5.97 Å². The van der Waals surface area contributed by atoms with Gasteiger partial charge in [-0.05, 0) is 19.1 Å². The molecule has 0 aliphatic rings. The number of aromatic nitrogens is 1. The number of carbonyl (C=O) groups is 2. The summed E-state index contributed by atoms with van der Waals surface area (Å²) < 4.78 is 13.4. The molecule has 0 radical (unpaired) electrons. The second-order valence-electron chi connectivity index (χ2n) is 3.67. The zero-order valence-electron chi connectivity index (χ0n) is 9.81. The summed E-state index contributed by atoms with van der Waals surface area (Å²) in [7, 11) is 0. The summed E-state index contributed by atoms with van der Waals surface area (Å²) in [5, 5.41) is 11.4. The number of hydrogen-bond acceptors (Lipinski definition) is 4. The van der Waals surface area contributed by atoms with E-state index < -0.39 is 17.7 Å². The van der Waals surface area contributed by atoms with E-state index >= 15 is 0 Å². The van der Waals surface area contributed by atoms with Crippen LogP contribution in [0.3, 0.4) is 0 Å². The number of thiazole rings is 1. The highest BCUT2D eigenvalue weighted by atomic mass is 32.1. The molecule has 0 saturated heterocycles. The lowest BCUT2D eigenvalue weighted by Crippen LogP contribution is -2.13. The first kappa shape index (κ1) is 13.2. The van der Waals surface area contributed by atoms with Gasteiger partial charge in [-0.25, -0.2) is 14.2 Å². The lowest BCUT2D eigenvalue weighted by molar-refractivity contribution is 0.0701. The van der Waals surface area contributed by atoms with Gasteiger partial charge in [-0.3, -0.25) is 10.1 Å². The molecule has 0 spiro atoms. The van der Waals surface area contributed by atoms with Crippen LogP contribution in [0.15, 0.2) is 24.3 Å². The number of benzene rings is 1. The van der Waals surface area contributed by atoms with Crippen LogP contribution in [0.2, 0.25) is 0 Å². The Morgan fingerprint density at radius 3 is 2.63 bits per heavy atom. The number of aryl methyl sites for hydroxylation is 1. The molecule has 1 heterocycles. The standard InChI is InChI=1S/C12H9FN2O3S/c1-6-9(11(17)18)19-12(14-6)15-10(16)7-4-2-3-5-8(7)13/h2-5H,1H3,(H,17,18)(H,14,15,16). The summed E-state index contributed by atoms with van der Waals surface area (Å²) in [6.45, 7) is 1.53. The van der Waals surface area contributed by atoms with Crippen LogP contribution >= 0.6 is 11.3 Å². The maximum Gasteiger partial charge on any atom is 0.347 e. The molecule has 2 aromatic rings. The number of nitrogens with one attached hydrogen (secondary N) is 1. The highest BCUT2D eigenvalue weighted by Crippen LogP contribution is 2.23. The molecule has 7 heteroatoms. The SMILES string of the molecule is Cc1nc(NC(=O)c2ccccc2F)sc1C(=O)O. The minimum Gasteiger partial charge on any atom is -0.477 e. The zero-order valence-corrected chi connectivity index (χ0v) is 10.6. The van der Waals surface area contributed by atoms with E-state index in [4.69, 9.17) is 5.11 Å². The van der Waals surface area contributed by atoms with Gasteiger partial charge in [0.05, 0.1) is 11.3 Å². The molecule has 0 fully saturated rings. The number of halogens is 1. The van der Waals surface area contributed by atoms with E-state index in [1.807, 2.05) is 0 Å². The molecule has 1 aromatic heterocycles. The molecule has 0 aliphatic carbocycles. The molecule has 2 N–H and O–H groups in total. The Kier molecular flexibility index (Phi) is 3.57. The maximum atomic E-state index is 13.4. The molecular formula is C12H9FN2O3S. The first-order valence-electron chi connectivity index (χ1n) is 5.25. The Bertz CT molecular complexity index is 654. The average molecular weight is 280 g/mol. The Hall–Kier alpha value is -2.28. The van der Waals surface area contributed by atoms with Gasteiger partial charge < -0.3 is 5.11 Å². The monoisotopic (exact) mass is 280 g/mol. The van der Waals surface area contributed by atoms with Gasteiger partial charge in [0.1, 0.15) is 10.7 Å². The Morgan fingerprint density at radius 1 is 1.37 bits per heavy atom. The van der Waals surface area contributed by atoms with E-state index in [0.717, 1.165) is 11.3 Å². The summed E-state index contributed by atoms with van der Waals surface area (Å²) >= 11 is 0.831. The molecule has 0 bridgehead atoms. The second-order valence-corrected chi connectivity index (χ2v) is 4.67. The van der Waals surface area contributed by atoms with E-state index in [2.05, 4.69) is 10.3 Å². The van der Waals surface area contributed by atoms with Gasteiger partial charge in [-0.15, -0.1) is 0 Å². The van der Waals surface area contributed by atoms with E-state index in [1.165, 1.54) is 31.2 Å². The molecule has 1 amide bonds. The number of carbonyl (C=O) groups excluding carboxylic acids is 1. The minimum atomic E-state index is -1.11. The smallest absolute Gasteiger partial charge is 0.347 e. The highest BCUT2D eigenvalue weighted by molar-refractivity contribution is 7.17. The van der Waals surface area contributed by atoms with Crippen molar-refractivity contribution >= 4 is 28.3 Å². The third kappa shape index (κ3) is 2.76. The lowest BCUT2D eigenvalue weighted by Gasteiger charge is -2.02. The van der Waals surface area contributed by atoms with Gasteiger partial charge in [-0.1, -0.05) is 23.5 Å². The van der Waals surface area contributed by atoms with Crippen molar-refractivity contribution in [2.75, 3.05) is 5.32 Å². The first-order valence-corrected chi connectivity index (χ1v) is 6.07. The predicted molar refractivity (Wildman–Crippen MR) is 68.2 cm³/mol. The van der Waals surface area contributed by atoms with Crippen LogP contribution in [-0.2, 0) is 0 Å². The van der Waals surface area contributed by atoms with E-state index in [9.17, 15) is 14.0 Å². The van der Waals surface area contributed by atoms with Crippen molar-refractivity contribution in [1.82, 2.24) is 4.98 Å². The summed E-state index contributed by atoms with van der Waals surface area (Å²) in [5.41, 5.74) is 0.188. The Balaban J connectivity index is 2.22. The predicted octanol–water partition coefficient (Wildman–Crippen LogP) is 2.54. The Labute approximate surface area is 111 Å². The second kappa shape index (κ2) is 5.15. The molecule has 1 aromatic carbocycles. The number of carboxylic acid groups (broad SMARTS) is 1. The number of hydrogen-bond donors (Lipinski definition) is 2. The van der Waals surface area contributed by atoms with Crippen LogP contribution < -0.4 is 5.32 Å².